The van der Waals surface area contributed by atoms with E-state index in [1.807, 2.05) is 12.1 Å². The lowest BCUT2D eigenvalue weighted by atomic mass is 10.3. The van der Waals surface area contributed by atoms with Crippen LogP contribution in [0.25, 0.3) is 11.1 Å². The molecule has 3 aromatic rings. The van der Waals surface area contributed by atoms with Gasteiger partial charge in [-0.1, -0.05) is 11.2 Å². The molecule has 3 heterocycles. The van der Waals surface area contributed by atoms with E-state index in [0.29, 0.717) is 23.4 Å². The molecule has 8 heteroatoms. The van der Waals surface area contributed by atoms with Gasteiger partial charge >= 0.3 is 0 Å². The Hall–Kier alpha value is -3.03. The molecule has 0 spiro atoms. The van der Waals surface area contributed by atoms with Crippen molar-refractivity contribution < 1.29 is 9.32 Å². The molecule has 0 radical (unpaired) electrons. The normalized spacial score (nSPS) is 10.9. The van der Waals surface area contributed by atoms with Crippen molar-refractivity contribution in [2.45, 2.75) is 26.9 Å². The van der Waals surface area contributed by atoms with Crippen LogP contribution in [0.2, 0.25) is 0 Å². The monoisotopic (exact) mass is 313 g/mol. The van der Waals surface area contributed by atoms with Crippen LogP contribution >= 0.6 is 0 Å². The number of carbonyl (C=O) groups excluding carboxylic acids is 1. The Labute approximate surface area is 131 Å². The zero-order valence-corrected chi connectivity index (χ0v) is 12.7. The van der Waals surface area contributed by atoms with Gasteiger partial charge in [-0.25, -0.2) is 0 Å². The number of carbonyl (C=O) groups is 1. The van der Waals surface area contributed by atoms with Gasteiger partial charge in [0.05, 0.1) is 17.9 Å². The van der Waals surface area contributed by atoms with Crippen molar-refractivity contribution in [1.29, 1.82) is 0 Å². The molecule has 1 N–H and O–H groups in total. The van der Waals surface area contributed by atoms with Gasteiger partial charge in [0.2, 0.25) is 5.91 Å². The van der Waals surface area contributed by atoms with E-state index in [-0.39, 0.29) is 23.7 Å². The number of nitrogens with zero attached hydrogens (tertiary/aromatic N) is 4. The molecule has 118 valence electrons. The van der Waals surface area contributed by atoms with Crippen LogP contribution in [0.3, 0.4) is 0 Å². The Morgan fingerprint density at radius 3 is 2.91 bits per heavy atom. The van der Waals surface area contributed by atoms with E-state index >= 15 is 0 Å². The second-order valence-electron chi connectivity index (χ2n) is 5.10. The third kappa shape index (κ3) is 2.96. The summed E-state index contributed by atoms with van der Waals surface area (Å²) >= 11 is 0. The van der Waals surface area contributed by atoms with E-state index < -0.39 is 0 Å². The number of aryl methyl sites for hydroxylation is 2. The van der Waals surface area contributed by atoms with Crippen LogP contribution in [0.5, 0.6) is 0 Å². The minimum Gasteiger partial charge on any atom is -0.349 e. The van der Waals surface area contributed by atoms with Crippen LogP contribution in [0.4, 0.5) is 0 Å². The van der Waals surface area contributed by atoms with E-state index in [0.717, 1.165) is 5.69 Å². The summed E-state index contributed by atoms with van der Waals surface area (Å²) in [5.74, 6) is 0.0998. The molecule has 0 saturated heterocycles. The number of hydrogen-bond donors (Lipinski definition) is 1. The van der Waals surface area contributed by atoms with Gasteiger partial charge in [-0.3, -0.25) is 19.1 Å². The summed E-state index contributed by atoms with van der Waals surface area (Å²) in [6.07, 6.45) is 1.66. The van der Waals surface area contributed by atoms with E-state index in [2.05, 4.69) is 20.4 Å². The van der Waals surface area contributed by atoms with Crippen molar-refractivity contribution >= 4 is 17.0 Å². The zero-order valence-electron chi connectivity index (χ0n) is 12.7. The first-order valence-corrected chi connectivity index (χ1v) is 7.06. The molecule has 0 aliphatic heterocycles. The number of pyridine rings is 1. The van der Waals surface area contributed by atoms with Crippen LogP contribution in [-0.2, 0) is 17.9 Å². The predicted molar refractivity (Wildman–Crippen MR) is 81.6 cm³/mol. The largest absolute Gasteiger partial charge is 0.349 e. The second kappa shape index (κ2) is 5.99. The highest BCUT2D eigenvalue weighted by molar-refractivity contribution is 5.77. The molecular formula is C15H15N5O3. The number of fused-ring (bicyclic) bond motifs is 1. The summed E-state index contributed by atoms with van der Waals surface area (Å²) in [7, 11) is 0. The number of amides is 1. The third-order valence-corrected chi connectivity index (χ3v) is 3.45. The standard InChI is InChI=1S/C15H15N5O3/c1-9-13-14(23-19-9)18-10(2)20(15(13)22)8-12(21)17-7-11-5-3-4-6-16-11/h3-6H,7-8H2,1-2H3,(H,17,21). The summed E-state index contributed by atoms with van der Waals surface area (Å²) < 4.78 is 6.30. The summed E-state index contributed by atoms with van der Waals surface area (Å²) in [6, 6.07) is 5.46. The number of rotatable bonds is 4. The molecule has 0 fully saturated rings. The average Bonchev–Trinajstić information content (AvgIpc) is 2.91. The fraction of sp³-hybridized carbons (Fsp3) is 0.267. The smallest absolute Gasteiger partial charge is 0.267 e. The quantitative estimate of drug-likeness (QED) is 0.761. The lowest BCUT2D eigenvalue weighted by Crippen LogP contribution is -2.33. The van der Waals surface area contributed by atoms with Gasteiger partial charge in [0.25, 0.3) is 11.3 Å². The van der Waals surface area contributed by atoms with Gasteiger partial charge in [0.15, 0.2) is 0 Å². The number of hydrogen-bond acceptors (Lipinski definition) is 6. The zero-order chi connectivity index (χ0) is 16.4. The molecule has 3 aromatic heterocycles. The first-order valence-electron chi connectivity index (χ1n) is 7.06. The highest BCUT2D eigenvalue weighted by atomic mass is 16.5. The summed E-state index contributed by atoms with van der Waals surface area (Å²) in [6.45, 7) is 3.49. The summed E-state index contributed by atoms with van der Waals surface area (Å²) in [4.78, 5) is 32.8. The lowest BCUT2D eigenvalue weighted by molar-refractivity contribution is -0.121. The molecule has 8 nitrogen and oxygen atoms in total. The summed E-state index contributed by atoms with van der Waals surface area (Å²) in [5.41, 5.74) is 1.06. The van der Waals surface area contributed by atoms with Crippen LogP contribution in [-0.4, -0.2) is 25.6 Å². The van der Waals surface area contributed by atoms with E-state index in [9.17, 15) is 9.59 Å². The molecular weight excluding hydrogens is 298 g/mol. The Morgan fingerprint density at radius 2 is 2.17 bits per heavy atom. The second-order valence-corrected chi connectivity index (χ2v) is 5.10. The third-order valence-electron chi connectivity index (χ3n) is 3.45. The van der Waals surface area contributed by atoms with E-state index in [1.54, 1.807) is 26.1 Å². The maximum atomic E-state index is 12.5. The van der Waals surface area contributed by atoms with Gasteiger partial charge in [0, 0.05) is 6.20 Å². The topological polar surface area (TPSA) is 103 Å². The molecule has 1 amide bonds. The van der Waals surface area contributed by atoms with Gasteiger partial charge in [-0.15, -0.1) is 0 Å². The highest BCUT2D eigenvalue weighted by Crippen LogP contribution is 2.11. The lowest BCUT2D eigenvalue weighted by Gasteiger charge is -2.09. The maximum absolute atomic E-state index is 12.5. The van der Waals surface area contributed by atoms with Crippen molar-refractivity contribution in [1.82, 2.24) is 25.0 Å². The van der Waals surface area contributed by atoms with Crippen molar-refractivity contribution in [3.63, 3.8) is 0 Å². The van der Waals surface area contributed by atoms with Crippen molar-refractivity contribution in [2.24, 2.45) is 0 Å². The first kappa shape index (κ1) is 14.9. The molecule has 0 aromatic carbocycles. The minimum absolute atomic E-state index is 0.120. The van der Waals surface area contributed by atoms with Crippen LogP contribution in [0.15, 0.2) is 33.7 Å². The van der Waals surface area contributed by atoms with Crippen molar-refractivity contribution in [3.05, 3.63) is 52.0 Å². The molecule has 0 unspecified atom stereocenters. The van der Waals surface area contributed by atoms with Crippen LogP contribution in [0.1, 0.15) is 17.2 Å². The number of nitrogens with one attached hydrogen (secondary N) is 1. The summed E-state index contributed by atoms with van der Waals surface area (Å²) in [5, 5.41) is 6.76. The fourth-order valence-electron chi connectivity index (χ4n) is 2.25. The molecule has 0 bridgehead atoms. The van der Waals surface area contributed by atoms with Gasteiger partial charge < -0.3 is 9.84 Å². The molecule has 23 heavy (non-hydrogen) atoms. The predicted octanol–water partition coefficient (Wildman–Crippen LogP) is 0.713. The van der Waals surface area contributed by atoms with Gasteiger partial charge in [-0.05, 0) is 26.0 Å². The molecule has 0 aliphatic carbocycles. The Kier molecular flexibility index (Phi) is 3.88. The average molecular weight is 313 g/mol. The number of aromatic nitrogens is 4. The highest BCUT2D eigenvalue weighted by Gasteiger charge is 2.16. The Morgan fingerprint density at radius 1 is 1.35 bits per heavy atom. The van der Waals surface area contributed by atoms with Crippen LogP contribution in [0, 0.1) is 13.8 Å². The van der Waals surface area contributed by atoms with Crippen molar-refractivity contribution in [2.75, 3.05) is 0 Å². The minimum atomic E-state index is -0.334. The molecule has 0 atom stereocenters. The van der Waals surface area contributed by atoms with Gasteiger partial charge in [0.1, 0.15) is 17.8 Å². The van der Waals surface area contributed by atoms with E-state index in [4.69, 9.17) is 4.52 Å². The molecule has 0 aliphatic rings. The molecule has 3 rings (SSSR count). The Bertz CT molecular complexity index is 914. The van der Waals surface area contributed by atoms with E-state index in [1.165, 1.54) is 4.57 Å². The van der Waals surface area contributed by atoms with Crippen LogP contribution < -0.4 is 10.9 Å². The van der Waals surface area contributed by atoms with Gasteiger partial charge in [-0.2, -0.15) is 4.98 Å². The maximum Gasteiger partial charge on any atom is 0.267 e. The van der Waals surface area contributed by atoms with Crippen molar-refractivity contribution in [3.8, 4) is 0 Å². The SMILES string of the molecule is Cc1noc2nc(C)n(CC(=O)NCc3ccccn3)c(=O)c12. The molecule has 0 saturated carbocycles. The Balaban J connectivity index is 1.79. The first-order chi connectivity index (χ1) is 11.1. The fourth-order valence-corrected chi connectivity index (χ4v) is 2.25.